The molecule has 0 atom stereocenters. The Bertz CT molecular complexity index is 437. The van der Waals surface area contributed by atoms with Crippen molar-refractivity contribution < 1.29 is 4.39 Å². The number of nitrogens with zero attached hydrogens (tertiary/aromatic N) is 1. The second-order valence-corrected chi connectivity index (χ2v) is 6.40. The lowest BCUT2D eigenvalue weighted by atomic mass is 9.78. The van der Waals surface area contributed by atoms with Crippen molar-refractivity contribution in [1.29, 1.82) is 0 Å². The maximum Gasteiger partial charge on any atom is 0.127 e. The van der Waals surface area contributed by atoms with Crippen LogP contribution in [0.25, 0.3) is 0 Å². The number of piperidine rings is 1. The SMILES string of the molecule is CCC1(C)CCN(Cc2cc(CNC)ccc2F)CC1. The summed E-state index contributed by atoms with van der Waals surface area (Å²) in [4.78, 5) is 2.39. The minimum absolute atomic E-state index is 0.0753. The molecule has 1 aromatic carbocycles. The van der Waals surface area contributed by atoms with Gasteiger partial charge in [0.2, 0.25) is 0 Å². The fraction of sp³-hybridized carbons (Fsp3) is 0.647. The Balaban J connectivity index is 1.98. The minimum atomic E-state index is -0.0753. The van der Waals surface area contributed by atoms with Crippen molar-refractivity contribution in [2.75, 3.05) is 20.1 Å². The number of benzene rings is 1. The molecule has 3 heteroatoms. The summed E-state index contributed by atoms with van der Waals surface area (Å²) in [5.41, 5.74) is 2.47. The van der Waals surface area contributed by atoms with Gasteiger partial charge in [0, 0.05) is 18.7 Å². The molecule has 2 nitrogen and oxygen atoms in total. The number of hydrogen-bond donors (Lipinski definition) is 1. The third-order valence-electron chi connectivity index (χ3n) is 4.80. The van der Waals surface area contributed by atoms with E-state index in [1.165, 1.54) is 19.3 Å². The second kappa shape index (κ2) is 6.68. The summed E-state index contributed by atoms with van der Waals surface area (Å²) in [6.07, 6.45) is 3.69. The molecular weight excluding hydrogens is 251 g/mol. The van der Waals surface area contributed by atoms with Crippen LogP contribution in [0.2, 0.25) is 0 Å². The summed E-state index contributed by atoms with van der Waals surface area (Å²) in [5, 5.41) is 3.12. The molecule has 1 heterocycles. The molecule has 20 heavy (non-hydrogen) atoms. The Kier molecular flexibility index (Phi) is 5.17. The molecular formula is C17H27FN2. The summed E-state index contributed by atoms with van der Waals surface area (Å²) < 4.78 is 13.9. The van der Waals surface area contributed by atoms with Crippen LogP contribution < -0.4 is 5.32 Å². The molecule has 1 aromatic rings. The van der Waals surface area contributed by atoms with Gasteiger partial charge in [-0.25, -0.2) is 4.39 Å². The monoisotopic (exact) mass is 278 g/mol. The van der Waals surface area contributed by atoms with E-state index in [1.807, 2.05) is 19.2 Å². The normalized spacial score (nSPS) is 19.2. The van der Waals surface area contributed by atoms with Crippen molar-refractivity contribution in [2.45, 2.75) is 46.2 Å². The molecule has 1 fully saturated rings. The van der Waals surface area contributed by atoms with Crippen LogP contribution >= 0.6 is 0 Å². The topological polar surface area (TPSA) is 15.3 Å². The molecule has 2 rings (SSSR count). The predicted molar refractivity (Wildman–Crippen MR) is 82.1 cm³/mol. The summed E-state index contributed by atoms with van der Waals surface area (Å²) in [6.45, 7) is 8.35. The van der Waals surface area contributed by atoms with Gasteiger partial charge in [0.05, 0.1) is 0 Å². The molecule has 0 saturated carbocycles. The lowest BCUT2D eigenvalue weighted by Crippen LogP contribution is -2.38. The molecule has 0 aromatic heterocycles. The maximum absolute atomic E-state index is 13.9. The zero-order valence-corrected chi connectivity index (χ0v) is 13.0. The third-order valence-corrected chi connectivity index (χ3v) is 4.80. The zero-order chi connectivity index (χ0) is 14.6. The smallest absolute Gasteiger partial charge is 0.127 e. The van der Waals surface area contributed by atoms with Crippen LogP contribution in [0.5, 0.6) is 0 Å². The highest BCUT2D eigenvalue weighted by atomic mass is 19.1. The van der Waals surface area contributed by atoms with E-state index in [1.54, 1.807) is 6.07 Å². The number of hydrogen-bond acceptors (Lipinski definition) is 2. The second-order valence-electron chi connectivity index (χ2n) is 6.40. The van der Waals surface area contributed by atoms with E-state index in [4.69, 9.17) is 0 Å². The van der Waals surface area contributed by atoms with Crippen molar-refractivity contribution in [3.05, 3.63) is 35.1 Å². The third kappa shape index (κ3) is 3.80. The fourth-order valence-electron chi connectivity index (χ4n) is 2.91. The number of halogens is 1. The van der Waals surface area contributed by atoms with Gasteiger partial charge < -0.3 is 5.32 Å². The van der Waals surface area contributed by atoms with E-state index >= 15 is 0 Å². The molecule has 0 amide bonds. The van der Waals surface area contributed by atoms with E-state index in [9.17, 15) is 4.39 Å². The van der Waals surface area contributed by atoms with Crippen molar-refractivity contribution in [3.63, 3.8) is 0 Å². The predicted octanol–water partition coefficient (Wildman–Crippen LogP) is 3.56. The van der Waals surface area contributed by atoms with Crippen LogP contribution in [0.4, 0.5) is 4.39 Å². The summed E-state index contributed by atoms with van der Waals surface area (Å²) in [5.74, 6) is -0.0753. The van der Waals surface area contributed by atoms with Crippen molar-refractivity contribution in [2.24, 2.45) is 5.41 Å². The van der Waals surface area contributed by atoms with Crippen LogP contribution in [0, 0.1) is 11.2 Å². The highest BCUT2D eigenvalue weighted by Crippen LogP contribution is 2.34. The van der Waals surface area contributed by atoms with Crippen molar-refractivity contribution in [3.8, 4) is 0 Å². The van der Waals surface area contributed by atoms with Crippen molar-refractivity contribution in [1.82, 2.24) is 10.2 Å². The molecule has 1 aliphatic heterocycles. The van der Waals surface area contributed by atoms with Crippen LogP contribution in [-0.2, 0) is 13.1 Å². The van der Waals surface area contributed by atoms with Gasteiger partial charge in [-0.05, 0) is 50.0 Å². The van der Waals surface area contributed by atoms with Crippen LogP contribution in [0.1, 0.15) is 44.2 Å². The highest BCUT2D eigenvalue weighted by molar-refractivity contribution is 5.25. The Hall–Kier alpha value is -0.930. The van der Waals surface area contributed by atoms with Crippen LogP contribution in [0.3, 0.4) is 0 Å². The van der Waals surface area contributed by atoms with E-state index in [2.05, 4.69) is 24.1 Å². The standard InChI is InChI=1S/C17H27FN2/c1-4-17(2)7-9-20(10-8-17)13-15-11-14(12-19-3)5-6-16(15)18/h5-6,11,19H,4,7-10,12-13H2,1-3H3. The molecule has 0 bridgehead atoms. The fourth-order valence-corrected chi connectivity index (χ4v) is 2.91. The first-order chi connectivity index (χ1) is 9.56. The molecule has 0 unspecified atom stereocenters. The average molecular weight is 278 g/mol. The lowest BCUT2D eigenvalue weighted by molar-refractivity contribution is 0.109. The molecule has 0 aliphatic carbocycles. The number of rotatable bonds is 5. The van der Waals surface area contributed by atoms with Gasteiger partial charge in [-0.3, -0.25) is 4.90 Å². The molecule has 1 saturated heterocycles. The largest absolute Gasteiger partial charge is 0.316 e. The molecule has 112 valence electrons. The summed E-state index contributed by atoms with van der Waals surface area (Å²) >= 11 is 0. The highest BCUT2D eigenvalue weighted by Gasteiger charge is 2.28. The molecule has 0 radical (unpaired) electrons. The minimum Gasteiger partial charge on any atom is -0.316 e. The Morgan fingerprint density at radius 3 is 2.60 bits per heavy atom. The number of likely N-dealkylation sites (tertiary alicyclic amines) is 1. The molecule has 1 N–H and O–H groups in total. The van der Waals surface area contributed by atoms with Gasteiger partial charge in [0.15, 0.2) is 0 Å². The zero-order valence-electron chi connectivity index (χ0n) is 13.0. The number of nitrogens with one attached hydrogen (secondary N) is 1. The van der Waals surface area contributed by atoms with Gasteiger partial charge in [-0.2, -0.15) is 0 Å². The van der Waals surface area contributed by atoms with E-state index < -0.39 is 0 Å². The lowest BCUT2D eigenvalue weighted by Gasteiger charge is -2.39. The maximum atomic E-state index is 13.9. The van der Waals surface area contributed by atoms with Gasteiger partial charge in [0.1, 0.15) is 5.82 Å². The van der Waals surface area contributed by atoms with E-state index in [-0.39, 0.29) is 5.82 Å². The molecule has 1 aliphatic rings. The quantitative estimate of drug-likeness (QED) is 0.886. The van der Waals surface area contributed by atoms with Gasteiger partial charge in [-0.15, -0.1) is 0 Å². The first kappa shape index (κ1) is 15.5. The Labute approximate surface area is 122 Å². The molecule has 0 spiro atoms. The van der Waals surface area contributed by atoms with E-state index in [0.29, 0.717) is 5.41 Å². The first-order valence-corrected chi connectivity index (χ1v) is 7.70. The summed E-state index contributed by atoms with van der Waals surface area (Å²) in [7, 11) is 1.92. The van der Waals surface area contributed by atoms with Gasteiger partial charge in [-0.1, -0.05) is 32.4 Å². The van der Waals surface area contributed by atoms with Crippen LogP contribution in [0.15, 0.2) is 18.2 Å². The Morgan fingerprint density at radius 2 is 2.00 bits per heavy atom. The summed E-state index contributed by atoms with van der Waals surface area (Å²) in [6, 6.07) is 5.46. The van der Waals surface area contributed by atoms with Gasteiger partial charge >= 0.3 is 0 Å². The average Bonchev–Trinajstić information content (AvgIpc) is 2.45. The van der Waals surface area contributed by atoms with Crippen LogP contribution in [-0.4, -0.2) is 25.0 Å². The van der Waals surface area contributed by atoms with Gasteiger partial charge in [0.25, 0.3) is 0 Å². The Morgan fingerprint density at radius 1 is 1.30 bits per heavy atom. The van der Waals surface area contributed by atoms with E-state index in [0.717, 1.165) is 37.3 Å². The van der Waals surface area contributed by atoms with Crippen molar-refractivity contribution >= 4 is 0 Å². The first-order valence-electron chi connectivity index (χ1n) is 7.70.